The van der Waals surface area contributed by atoms with E-state index in [2.05, 4.69) is 9.80 Å². The van der Waals surface area contributed by atoms with E-state index < -0.39 is 5.97 Å². The molecule has 0 amide bonds. The van der Waals surface area contributed by atoms with Crippen molar-refractivity contribution < 1.29 is 9.90 Å². The summed E-state index contributed by atoms with van der Waals surface area (Å²) in [5.41, 5.74) is 1.42. The van der Waals surface area contributed by atoms with Gasteiger partial charge in [0.1, 0.15) is 0 Å². The molecule has 2 aliphatic rings. The molecule has 0 radical (unpaired) electrons. The van der Waals surface area contributed by atoms with Crippen LogP contribution in [0.1, 0.15) is 36.0 Å². The third-order valence-corrected chi connectivity index (χ3v) is 4.58. The van der Waals surface area contributed by atoms with Crippen LogP contribution in [0.3, 0.4) is 0 Å². The van der Waals surface area contributed by atoms with Gasteiger partial charge in [0.25, 0.3) is 0 Å². The number of piperidine rings is 1. The molecule has 2 aliphatic heterocycles. The van der Waals surface area contributed by atoms with E-state index in [1.165, 1.54) is 38.8 Å². The van der Waals surface area contributed by atoms with Gasteiger partial charge in [0, 0.05) is 24.8 Å². The first-order chi connectivity index (χ1) is 9.74. The van der Waals surface area contributed by atoms with Crippen LogP contribution in [0.4, 0.5) is 5.69 Å². The Kier molecular flexibility index (Phi) is 3.92. The van der Waals surface area contributed by atoms with Crippen LogP contribution < -0.4 is 4.90 Å². The highest BCUT2D eigenvalue weighted by Gasteiger charge is 2.26. The van der Waals surface area contributed by atoms with Crippen molar-refractivity contribution in [1.82, 2.24) is 4.90 Å². The van der Waals surface area contributed by atoms with Crippen LogP contribution in [0.15, 0.2) is 24.3 Å². The fourth-order valence-electron chi connectivity index (χ4n) is 3.43. The molecule has 1 aromatic carbocycles. The number of carboxylic acid groups (broad SMARTS) is 1. The molecule has 0 aliphatic carbocycles. The SMILES string of the molecule is O=C(O)c1cccc(N2CCC(N3CCCC3)CC2)c1. The van der Waals surface area contributed by atoms with Gasteiger partial charge in [-0.15, -0.1) is 0 Å². The molecular formula is C16H22N2O2. The van der Waals surface area contributed by atoms with Crippen molar-refractivity contribution in [3.63, 3.8) is 0 Å². The summed E-state index contributed by atoms with van der Waals surface area (Å²) in [7, 11) is 0. The van der Waals surface area contributed by atoms with Gasteiger partial charge in [-0.25, -0.2) is 4.79 Å². The monoisotopic (exact) mass is 274 g/mol. The number of likely N-dealkylation sites (tertiary alicyclic amines) is 1. The van der Waals surface area contributed by atoms with Crippen LogP contribution in [-0.2, 0) is 0 Å². The molecule has 0 unspecified atom stereocenters. The van der Waals surface area contributed by atoms with Crippen LogP contribution in [0, 0.1) is 0 Å². The highest BCUT2D eigenvalue weighted by Crippen LogP contribution is 2.25. The summed E-state index contributed by atoms with van der Waals surface area (Å²) >= 11 is 0. The third kappa shape index (κ3) is 2.80. The van der Waals surface area contributed by atoms with Crippen LogP contribution in [-0.4, -0.2) is 48.2 Å². The van der Waals surface area contributed by atoms with E-state index in [1.54, 1.807) is 12.1 Å². The number of anilines is 1. The molecule has 108 valence electrons. The van der Waals surface area contributed by atoms with Gasteiger partial charge in [-0.05, 0) is 57.0 Å². The Bertz CT molecular complexity index is 475. The predicted octanol–water partition coefficient (Wildman–Crippen LogP) is 2.45. The average Bonchev–Trinajstić information content (AvgIpc) is 3.02. The van der Waals surface area contributed by atoms with Gasteiger partial charge in [-0.1, -0.05) is 6.07 Å². The van der Waals surface area contributed by atoms with E-state index in [1.807, 2.05) is 12.1 Å². The molecule has 1 aromatic rings. The zero-order valence-electron chi connectivity index (χ0n) is 11.8. The first-order valence-corrected chi connectivity index (χ1v) is 7.56. The van der Waals surface area contributed by atoms with Crippen LogP contribution in [0.25, 0.3) is 0 Å². The summed E-state index contributed by atoms with van der Waals surface area (Å²) < 4.78 is 0. The Morgan fingerprint density at radius 1 is 1.10 bits per heavy atom. The number of nitrogens with zero attached hydrogens (tertiary/aromatic N) is 2. The fraction of sp³-hybridized carbons (Fsp3) is 0.562. The first-order valence-electron chi connectivity index (χ1n) is 7.56. The quantitative estimate of drug-likeness (QED) is 0.919. The van der Waals surface area contributed by atoms with Crippen molar-refractivity contribution in [3.8, 4) is 0 Å². The van der Waals surface area contributed by atoms with Crippen LogP contribution in [0.5, 0.6) is 0 Å². The van der Waals surface area contributed by atoms with Crippen molar-refractivity contribution in [2.24, 2.45) is 0 Å². The maximum absolute atomic E-state index is 11.0. The number of carboxylic acids is 1. The first kappa shape index (κ1) is 13.4. The van der Waals surface area contributed by atoms with Gasteiger partial charge in [0.15, 0.2) is 0 Å². The number of rotatable bonds is 3. The van der Waals surface area contributed by atoms with Gasteiger partial charge in [0.2, 0.25) is 0 Å². The van der Waals surface area contributed by atoms with E-state index in [0.29, 0.717) is 5.56 Å². The number of aromatic carboxylic acids is 1. The normalized spacial score (nSPS) is 21.3. The van der Waals surface area contributed by atoms with Gasteiger partial charge in [-0.3, -0.25) is 0 Å². The lowest BCUT2D eigenvalue weighted by atomic mass is 10.0. The number of hydrogen-bond acceptors (Lipinski definition) is 3. The molecule has 1 N–H and O–H groups in total. The lowest BCUT2D eigenvalue weighted by Gasteiger charge is -2.37. The molecule has 20 heavy (non-hydrogen) atoms. The second-order valence-corrected chi connectivity index (χ2v) is 5.82. The highest BCUT2D eigenvalue weighted by molar-refractivity contribution is 5.88. The molecule has 2 saturated heterocycles. The standard InChI is InChI=1S/C16H22N2O2/c19-16(20)13-4-3-5-15(12-13)18-10-6-14(7-11-18)17-8-1-2-9-17/h3-5,12,14H,1-2,6-11H2,(H,19,20). The van der Waals surface area contributed by atoms with Gasteiger partial charge in [0.05, 0.1) is 5.56 Å². The summed E-state index contributed by atoms with van der Waals surface area (Å²) in [6, 6.07) is 8.03. The summed E-state index contributed by atoms with van der Waals surface area (Å²) in [6.45, 7) is 4.59. The van der Waals surface area contributed by atoms with Crippen molar-refractivity contribution >= 4 is 11.7 Å². The minimum atomic E-state index is -0.848. The molecular weight excluding hydrogens is 252 g/mol. The summed E-state index contributed by atoms with van der Waals surface area (Å²) in [5, 5.41) is 9.07. The molecule has 0 aromatic heterocycles. The van der Waals surface area contributed by atoms with Crippen molar-refractivity contribution in [3.05, 3.63) is 29.8 Å². The zero-order valence-corrected chi connectivity index (χ0v) is 11.8. The minimum absolute atomic E-state index is 0.379. The summed E-state index contributed by atoms with van der Waals surface area (Å²) in [4.78, 5) is 16.0. The van der Waals surface area contributed by atoms with Gasteiger partial charge in [-0.2, -0.15) is 0 Å². The van der Waals surface area contributed by atoms with Gasteiger partial charge < -0.3 is 14.9 Å². The zero-order chi connectivity index (χ0) is 13.9. The van der Waals surface area contributed by atoms with Crippen LogP contribution >= 0.6 is 0 Å². The second kappa shape index (κ2) is 5.83. The molecule has 3 rings (SSSR count). The van der Waals surface area contributed by atoms with E-state index in [9.17, 15) is 4.79 Å². The lowest BCUT2D eigenvalue weighted by Crippen LogP contribution is -2.43. The van der Waals surface area contributed by atoms with E-state index >= 15 is 0 Å². The average molecular weight is 274 g/mol. The third-order valence-electron chi connectivity index (χ3n) is 4.58. The van der Waals surface area contributed by atoms with E-state index in [4.69, 9.17) is 5.11 Å². The maximum atomic E-state index is 11.0. The Morgan fingerprint density at radius 3 is 2.45 bits per heavy atom. The molecule has 4 nitrogen and oxygen atoms in total. The number of carbonyl (C=O) groups is 1. The fourth-order valence-corrected chi connectivity index (χ4v) is 3.43. The molecule has 0 spiro atoms. The van der Waals surface area contributed by atoms with Crippen molar-refractivity contribution in [2.75, 3.05) is 31.1 Å². The lowest BCUT2D eigenvalue weighted by molar-refractivity contribution is 0.0697. The molecule has 0 saturated carbocycles. The predicted molar refractivity (Wildman–Crippen MR) is 79.4 cm³/mol. The topological polar surface area (TPSA) is 43.8 Å². The minimum Gasteiger partial charge on any atom is -0.478 e. The maximum Gasteiger partial charge on any atom is 0.335 e. The van der Waals surface area contributed by atoms with Crippen molar-refractivity contribution in [1.29, 1.82) is 0 Å². The Labute approximate surface area is 120 Å². The Balaban J connectivity index is 1.62. The Morgan fingerprint density at radius 2 is 1.80 bits per heavy atom. The Hall–Kier alpha value is -1.55. The highest BCUT2D eigenvalue weighted by atomic mass is 16.4. The molecule has 2 fully saturated rings. The number of benzene rings is 1. The summed E-state index contributed by atoms with van der Waals surface area (Å²) in [5.74, 6) is -0.848. The molecule has 0 bridgehead atoms. The summed E-state index contributed by atoms with van der Waals surface area (Å²) in [6.07, 6.45) is 5.08. The van der Waals surface area contributed by atoms with Gasteiger partial charge >= 0.3 is 5.97 Å². The van der Waals surface area contributed by atoms with E-state index in [-0.39, 0.29) is 0 Å². The molecule has 4 heteroatoms. The van der Waals surface area contributed by atoms with E-state index in [0.717, 1.165) is 24.8 Å². The smallest absolute Gasteiger partial charge is 0.335 e. The molecule has 2 heterocycles. The second-order valence-electron chi connectivity index (χ2n) is 5.82. The number of hydrogen-bond donors (Lipinski definition) is 1. The van der Waals surface area contributed by atoms with Crippen molar-refractivity contribution in [2.45, 2.75) is 31.7 Å². The molecule has 0 atom stereocenters. The largest absolute Gasteiger partial charge is 0.478 e. The van der Waals surface area contributed by atoms with Crippen LogP contribution in [0.2, 0.25) is 0 Å².